The van der Waals surface area contributed by atoms with Crippen LogP contribution in [0, 0.1) is 5.92 Å². The molecule has 0 aliphatic heterocycles. The molecule has 1 aliphatic carbocycles. The van der Waals surface area contributed by atoms with Crippen LogP contribution in [0.25, 0.3) is 0 Å². The maximum atomic E-state index is 9.50. The summed E-state index contributed by atoms with van der Waals surface area (Å²) in [7, 11) is 0. The number of aliphatic hydroxyl groups is 1. The van der Waals surface area contributed by atoms with Gasteiger partial charge in [-0.2, -0.15) is 0 Å². The molecular weight excluding hydrogens is 270 g/mol. The lowest BCUT2D eigenvalue weighted by atomic mass is 9.87. The number of nitrogens with zero attached hydrogens (tertiary/aromatic N) is 2. The van der Waals surface area contributed by atoms with Gasteiger partial charge in [0.25, 0.3) is 0 Å². The molecule has 0 unspecified atom stereocenters. The lowest BCUT2D eigenvalue weighted by Crippen LogP contribution is -2.27. The van der Waals surface area contributed by atoms with Crippen molar-refractivity contribution in [2.45, 2.75) is 52.2 Å². The zero-order valence-electron chi connectivity index (χ0n) is 12.6. The molecule has 2 rings (SSSR count). The van der Waals surface area contributed by atoms with Gasteiger partial charge in [0.05, 0.1) is 6.10 Å². The first-order valence-electron chi connectivity index (χ1n) is 7.81. The topological polar surface area (TPSA) is 48.4 Å². The van der Waals surface area contributed by atoms with Crippen LogP contribution in [-0.2, 0) is 6.54 Å². The average molecular weight is 297 g/mol. The number of aromatic nitrogens is 1. The lowest BCUT2D eigenvalue weighted by molar-refractivity contribution is 0.108. The third-order valence-electron chi connectivity index (χ3n) is 4.12. The van der Waals surface area contributed by atoms with Crippen LogP contribution in [0.1, 0.15) is 44.4 Å². The van der Waals surface area contributed by atoms with Gasteiger partial charge in [-0.3, -0.25) is 0 Å². The van der Waals surface area contributed by atoms with Gasteiger partial charge >= 0.3 is 0 Å². The third kappa shape index (κ3) is 4.43. The van der Waals surface area contributed by atoms with Crippen molar-refractivity contribution >= 4 is 16.5 Å². The van der Waals surface area contributed by atoms with Gasteiger partial charge in [0.15, 0.2) is 5.13 Å². The van der Waals surface area contributed by atoms with Crippen molar-refractivity contribution < 1.29 is 5.11 Å². The fourth-order valence-electron chi connectivity index (χ4n) is 2.77. The molecule has 0 radical (unpaired) electrons. The van der Waals surface area contributed by atoms with Crippen LogP contribution in [-0.4, -0.2) is 35.8 Å². The van der Waals surface area contributed by atoms with Gasteiger partial charge in [0, 0.05) is 30.7 Å². The molecule has 114 valence electrons. The number of rotatable bonds is 7. The number of anilines is 1. The van der Waals surface area contributed by atoms with Gasteiger partial charge in [0.1, 0.15) is 0 Å². The molecular formula is C15H27N3OS. The molecule has 1 fully saturated rings. The Bertz CT molecular complexity index is 384. The Hall–Kier alpha value is -0.650. The Morgan fingerprint density at radius 3 is 2.65 bits per heavy atom. The molecule has 1 aliphatic rings. The quantitative estimate of drug-likeness (QED) is 0.812. The highest BCUT2D eigenvalue weighted by Gasteiger charge is 2.18. The normalized spacial score (nSPS) is 22.9. The van der Waals surface area contributed by atoms with Crippen LogP contribution >= 0.6 is 11.3 Å². The van der Waals surface area contributed by atoms with Gasteiger partial charge in [-0.25, -0.2) is 4.98 Å². The predicted molar refractivity (Wildman–Crippen MR) is 85.3 cm³/mol. The van der Waals surface area contributed by atoms with E-state index in [0.29, 0.717) is 0 Å². The van der Waals surface area contributed by atoms with Gasteiger partial charge in [0.2, 0.25) is 0 Å². The number of hydrogen-bond acceptors (Lipinski definition) is 5. The van der Waals surface area contributed by atoms with Crippen molar-refractivity contribution in [3.05, 3.63) is 11.1 Å². The summed E-state index contributed by atoms with van der Waals surface area (Å²) in [5, 5.41) is 14.2. The van der Waals surface area contributed by atoms with Crippen molar-refractivity contribution in [3.63, 3.8) is 0 Å². The zero-order valence-corrected chi connectivity index (χ0v) is 13.5. The third-order valence-corrected chi connectivity index (χ3v) is 5.18. The van der Waals surface area contributed by atoms with Gasteiger partial charge in [-0.15, -0.1) is 11.3 Å². The van der Waals surface area contributed by atoms with Crippen molar-refractivity contribution in [2.24, 2.45) is 5.92 Å². The van der Waals surface area contributed by atoms with Crippen LogP contribution in [0.5, 0.6) is 0 Å². The lowest BCUT2D eigenvalue weighted by Gasteiger charge is -2.25. The molecule has 4 nitrogen and oxygen atoms in total. The van der Waals surface area contributed by atoms with Crippen LogP contribution in [0.4, 0.5) is 5.13 Å². The van der Waals surface area contributed by atoms with E-state index in [1.54, 1.807) is 11.3 Å². The number of hydrogen-bond donors (Lipinski definition) is 2. The van der Waals surface area contributed by atoms with Gasteiger partial charge in [-0.05, 0) is 52.0 Å². The summed E-state index contributed by atoms with van der Waals surface area (Å²) in [6, 6.07) is 0. The molecule has 1 aromatic heterocycles. The standard InChI is InChI=1S/C15H27N3OS/c1-3-18(4-2)15-17-11-14(20-15)10-16-9-12-5-7-13(19)8-6-12/h11-13,16,19H,3-10H2,1-2H3. The van der Waals surface area contributed by atoms with Crippen molar-refractivity contribution in [1.29, 1.82) is 0 Å². The van der Waals surface area contributed by atoms with E-state index < -0.39 is 0 Å². The number of nitrogens with one attached hydrogen (secondary N) is 1. The Balaban J connectivity index is 1.71. The Morgan fingerprint density at radius 2 is 2.00 bits per heavy atom. The first kappa shape index (κ1) is 15.7. The molecule has 0 atom stereocenters. The minimum atomic E-state index is -0.0515. The van der Waals surface area contributed by atoms with Crippen LogP contribution in [0.15, 0.2) is 6.20 Å². The largest absolute Gasteiger partial charge is 0.393 e. The molecule has 1 heterocycles. The molecule has 0 spiro atoms. The van der Waals surface area contributed by atoms with E-state index in [1.807, 2.05) is 6.20 Å². The monoisotopic (exact) mass is 297 g/mol. The van der Waals surface area contributed by atoms with E-state index in [-0.39, 0.29) is 6.10 Å². The summed E-state index contributed by atoms with van der Waals surface area (Å²) in [6.45, 7) is 8.34. The highest BCUT2D eigenvalue weighted by Crippen LogP contribution is 2.24. The molecule has 20 heavy (non-hydrogen) atoms. The Kier molecular flexibility index (Phi) is 6.26. The van der Waals surface area contributed by atoms with Gasteiger partial charge < -0.3 is 15.3 Å². The minimum Gasteiger partial charge on any atom is -0.393 e. The van der Waals surface area contributed by atoms with Crippen LogP contribution in [0.3, 0.4) is 0 Å². The van der Waals surface area contributed by atoms with E-state index in [2.05, 4.69) is 29.0 Å². The molecule has 2 N–H and O–H groups in total. The summed E-state index contributed by atoms with van der Waals surface area (Å²) < 4.78 is 0. The molecule has 0 aromatic carbocycles. The average Bonchev–Trinajstić information content (AvgIpc) is 2.91. The molecule has 0 saturated heterocycles. The summed E-state index contributed by atoms with van der Waals surface area (Å²) >= 11 is 1.79. The van der Waals surface area contributed by atoms with E-state index in [0.717, 1.165) is 62.9 Å². The summed E-state index contributed by atoms with van der Waals surface area (Å²) in [5.74, 6) is 0.730. The molecule has 0 amide bonds. The van der Waals surface area contributed by atoms with Crippen LogP contribution < -0.4 is 10.2 Å². The minimum absolute atomic E-state index is 0.0515. The van der Waals surface area contributed by atoms with Crippen molar-refractivity contribution in [2.75, 3.05) is 24.5 Å². The summed E-state index contributed by atoms with van der Waals surface area (Å²) in [5.41, 5.74) is 0. The second-order valence-electron chi connectivity index (χ2n) is 5.59. The molecule has 1 saturated carbocycles. The number of aliphatic hydroxyl groups excluding tert-OH is 1. The fraction of sp³-hybridized carbons (Fsp3) is 0.800. The zero-order chi connectivity index (χ0) is 14.4. The first-order valence-corrected chi connectivity index (χ1v) is 8.63. The maximum Gasteiger partial charge on any atom is 0.185 e. The van der Waals surface area contributed by atoms with E-state index >= 15 is 0 Å². The fourth-order valence-corrected chi connectivity index (χ4v) is 3.77. The highest BCUT2D eigenvalue weighted by molar-refractivity contribution is 7.15. The predicted octanol–water partition coefficient (Wildman–Crippen LogP) is 2.63. The second-order valence-corrected chi connectivity index (χ2v) is 6.68. The smallest absolute Gasteiger partial charge is 0.185 e. The molecule has 5 heteroatoms. The van der Waals surface area contributed by atoms with E-state index in [9.17, 15) is 5.11 Å². The summed E-state index contributed by atoms with van der Waals surface area (Å²) in [6.07, 6.45) is 6.20. The Labute approximate surface area is 126 Å². The maximum absolute atomic E-state index is 9.50. The van der Waals surface area contributed by atoms with E-state index in [1.165, 1.54) is 4.88 Å². The molecule has 1 aromatic rings. The van der Waals surface area contributed by atoms with E-state index in [4.69, 9.17) is 0 Å². The number of thiazole rings is 1. The Morgan fingerprint density at radius 1 is 1.30 bits per heavy atom. The highest BCUT2D eigenvalue weighted by atomic mass is 32.1. The SMILES string of the molecule is CCN(CC)c1ncc(CNCC2CCC(O)CC2)s1. The molecule has 0 bridgehead atoms. The summed E-state index contributed by atoms with van der Waals surface area (Å²) in [4.78, 5) is 8.10. The van der Waals surface area contributed by atoms with Crippen LogP contribution in [0.2, 0.25) is 0 Å². The first-order chi connectivity index (χ1) is 9.72. The van der Waals surface area contributed by atoms with Gasteiger partial charge in [-0.1, -0.05) is 0 Å². The van der Waals surface area contributed by atoms with Crippen molar-refractivity contribution in [1.82, 2.24) is 10.3 Å². The van der Waals surface area contributed by atoms with Crippen molar-refractivity contribution in [3.8, 4) is 0 Å². The second kappa shape index (κ2) is 7.96.